The van der Waals surface area contributed by atoms with Crippen molar-refractivity contribution in [1.82, 2.24) is 10.3 Å². The second kappa shape index (κ2) is 7.82. The predicted octanol–water partition coefficient (Wildman–Crippen LogP) is 2.87. The molecule has 2 rings (SSSR count). The van der Waals surface area contributed by atoms with Crippen LogP contribution in [0, 0.1) is 11.7 Å². The van der Waals surface area contributed by atoms with E-state index in [9.17, 15) is 14.0 Å². The van der Waals surface area contributed by atoms with Gasteiger partial charge in [-0.3, -0.25) is 4.79 Å². The summed E-state index contributed by atoms with van der Waals surface area (Å²) in [7, 11) is 0. The number of carbonyl (C=O) groups excluding carboxylic acids is 1. The van der Waals surface area contributed by atoms with Crippen LogP contribution in [0.4, 0.5) is 4.39 Å². The van der Waals surface area contributed by atoms with E-state index in [0.717, 1.165) is 5.56 Å². The average molecular weight is 336 g/mol. The third kappa shape index (κ3) is 5.45. The van der Waals surface area contributed by atoms with Crippen molar-refractivity contribution < 1.29 is 19.1 Å². The number of aromatic nitrogens is 1. The van der Waals surface area contributed by atoms with Crippen LogP contribution in [-0.2, 0) is 17.8 Å². The minimum absolute atomic E-state index is 0.0151. The first-order chi connectivity index (χ1) is 10.9. The van der Waals surface area contributed by atoms with E-state index in [-0.39, 0.29) is 29.9 Å². The molecule has 1 aromatic carbocycles. The molecular weight excluding hydrogens is 319 g/mol. The molecule has 0 aliphatic rings. The van der Waals surface area contributed by atoms with Crippen molar-refractivity contribution >= 4 is 23.2 Å². The first kappa shape index (κ1) is 17.1. The van der Waals surface area contributed by atoms with Gasteiger partial charge in [-0.2, -0.15) is 0 Å². The van der Waals surface area contributed by atoms with E-state index < -0.39 is 5.97 Å². The second-order valence-electron chi connectivity index (χ2n) is 5.35. The Morgan fingerprint density at radius 3 is 2.87 bits per heavy atom. The van der Waals surface area contributed by atoms with E-state index in [2.05, 4.69) is 10.3 Å². The largest absolute Gasteiger partial charge is 0.476 e. The summed E-state index contributed by atoms with van der Waals surface area (Å²) in [6.07, 6.45) is 0.930. The fourth-order valence-electron chi connectivity index (χ4n) is 2.19. The van der Waals surface area contributed by atoms with Crippen LogP contribution in [0.25, 0.3) is 0 Å². The highest BCUT2D eigenvalue weighted by Crippen LogP contribution is 2.14. The van der Waals surface area contributed by atoms with Gasteiger partial charge in [0.2, 0.25) is 5.91 Å². The molecule has 2 N–H and O–H groups in total. The summed E-state index contributed by atoms with van der Waals surface area (Å²) >= 11 is 1.19. The first-order valence-corrected chi connectivity index (χ1v) is 8.01. The van der Waals surface area contributed by atoms with E-state index in [1.165, 1.54) is 28.8 Å². The highest BCUT2D eigenvalue weighted by atomic mass is 32.1. The average Bonchev–Trinajstić information content (AvgIpc) is 2.94. The van der Waals surface area contributed by atoms with Gasteiger partial charge in [-0.25, -0.2) is 14.2 Å². The number of nitrogens with one attached hydrogen (secondary N) is 1. The van der Waals surface area contributed by atoms with E-state index in [0.29, 0.717) is 17.8 Å². The highest BCUT2D eigenvalue weighted by molar-refractivity contribution is 7.09. The van der Waals surface area contributed by atoms with Crippen LogP contribution in [0.5, 0.6) is 0 Å². The zero-order valence-electron chi connectivity index (χ0n) is 12.6. The molecule has 1 amide bonds. The van der Waals surface area contributed by atoms with Gasteiger partial charge in [-0.15, -0.1) is 11.3 Å². The molecule has 0 bridgehead atoms. The molecular formula is C16H17FN2O3S. The van der Waals surface area contributed by atoms with Gasteiger partial charge in [0.05, 0.1) is 6.54 Å². The van der Waals surface area contributed by atoms with Crippen molar-refractivity contribution in [2.45, 2.75) is 26.3 Å². The Labute approximate surface area is 137 Å². The molecule has 0 aliphatic heterocycles. The molecule has 0 saturated heterocycles. The van der Waals surface area contributed by atoms with Gasteiger partial charge in [-0.05, 0) is 30.0 Å². The van der Waals surface area contributed by atoms with Crippen molar-refractivity contribution in [3.05, 3.63) is 51.7 Å². The maximum atomic E-state index is 13.1. The Morgan fingerprint density at radius 1 is 1.43 bits per heavy atom. The first-order valence-electron chi connectivity index (χ1n) is 7.13. The monoisotopic (exact) mass is 336 g/mol. The topological polar surface area (TPSA) is 79.3 Å². The number of benzene rings is 1. The maximum absolute atomic E-state index is 13.1. The molecule has 0 saturated carbocycles. The summed E-state index contributed by atoms with van der Waals surface area (Å²) in [6.45, 7) is 2.14. The number of amides is 1. The number of aromatic carboxylic acids is 1. The molecule has 1 unspecified atom stereocenters. The van der Waals surface area contributed by atoms with Crippen LogP contribution >= 0.6 is 11.3 Å². The van der Waals surface area contributed by atoms with Gasteiger partial charge in [0.15, 0.2) is 5.69 Å². The summed E-state index contributed by atoms with van der Waals surface area (Å²) < 4.78 is 13.1. The highest BCUT2D eigenvalue weighted by Gasteiger charge is 2.12. The third-order valence-corrected chi connectivity index (χ3v) is 4.06. The predicted molar refractivity (Wildman–Crippen MR) is 84.8 cm³/mol. The number of hydrogen-bond donors (Lipinski definition) is 2. The van der Waals surface area contributed by atoms with Crippen LogP contribution in [-0.4, -0.2) is 22.0 Å². The fraction of sp³-hybridized carbons (Fsp3) is 0.312. The summed E-state index contributed by atoms with van der Waals surface area (Å²) in [4.78, 5) is 26.5. The van der Waals surface area contributed by atoms with Crippen LogP contribution in [0.3, 0.4) is 0 Å². The van der Waals surface area contributed by atoms with E-state index >= 15 is 0 Å². The molecule has 0 fully saturated rings. The smallest absolute Gasteiger partial charge is 0.355 e. The Bertz CT molecular complexity index is 702. The van der Waals surface area contributed by atoms with E-state index in [4.69, 9.17) is 5.11 Å². The van der Waals surface area contributed by atoms with Crippen molar-refractivity contribution in [2.75, 3.05) is 0 Å². The van der Waals surface area contributed by atoms with Crippen molar-refractivity contribution in [1.29, 1.82) is 0 Å². The number of rotatable bonds is 7. The van der Waals surface area contributed by atoms with Crippen LogP contribution in [0.1, 0.15) is 34.4 Å². The van der Waals surface area contributed by atoms with Crippen molar-refractivity contribution in [2.24, 2.45) is 5.92 Å². The van der Waals surface area contributed by atoms with Gasteiger partial charge in [0, 0.05) is 11.8 Å². The number of carboxylic acid groups (broad SMARTS) is 1. The number of carbonyl (C=O) groups is 2. The van der Waals surface area contributed by atoms with Gasteiger partial charge >= 0.3 is 5.97 Å². The van der Waals surface area contributed by atoms with Gasteiger partial charge in [0.1, 0.15) is 10.8 Å². The minimum atomic E-state index is -1.08. The maximum Gasteiger partial charge on any atom is 0.355 e. The van der Waals surface area contributed by atoms with E-state index in [1.54, 1.807) is 6.07 Å². The van der Waals surface area contributed by atoms with E-state index in [1.807, 2.05) is 13.0 Å². The number of carboxylic acids is 1. The third-order valence-electron chi connectivity index (χ3n) is 3.21. The lowest BCUT2D eigenvalue weighted by Crippen LogP contribution is -2.25. The zero-order chi connectivity index (χ0) is 16.8. The molecule has 0 spiro atoms. The SMILES string of the molecule is CC(CC(=O)NCc1nc(C(=O)O)cs1)Cc1cccc(F)c1. The van der Waals surface area contributed by atoms with Gasteiger partial charge in [-0.1, -0.05) is 19.1 Å². The lowest BCUT2D eigenvalue weighted by Gasteiger charge is -2.11. The van der Waals surface area contributed by atoms with Crippen LogP contribution in [0.15, 0.2) is 29.6 Å². The van der Waals surface area contributed by atoms with Crippen LogP contribution < -0.4 is 5.32 Å². The van der Waals surface area contributed by atoms with Crippen molar-refractivity contribution in [3.8, 4) is 0 Å². The standard InChI is InChI=1S/C16H17FN2O3S/c1-10(5-11-3-2-4-12(17)7-11)6-14(20)18-8-15-19-13(9-23-15)16(21)22/h2-4,7,9-10H,5-6,8H2,1H3,(H,18,20)(H,21,22). The Hall–Kier alpha value is -2.28. The summed E-state index contributed by atoms with van der Waals surface area (Å²) in [6, 6.07) is 6.35. The Morgan fingerprint density at radius 2 is 2.22 bits per heavy atom. The summed E-state index contributed by atoms with van der Waals surface area (Å²) in [5.74, 6) is -1.43. The second-order valence-corrected chi connectivity index (χ2v) is 6.29. The molecule has 5 nitrogen and oxygen atoms in total. The quantitative estimate of drug-likeness (QED) is 0.815. The summed E-state index contributed by atoms with van der Waals surface area (Å²) in [5, 5.41) is 13.5. The Balaban J connectivity index is 1.78. The fourth-order valence-corrected chi connectivity index (χ4v) is 2.90. The molecule has 0 aliphatic carbocycles. The molecule has 7 heteroatoms. The molecule has 122 valence electrons. The normalized spacial score (nSPS) is 11.9. The zero-order valence-corrected chi connectivity index (χ0v) is 13.4. The number of hydrogen-bond acceptors (Lipinski definition) is 4. The number of thiazole rings is 1. The van der Waals surface area contributed by atoms with Gasteiger partial charge in [0.25, 0.3) is 0 Å². The number of nitrogens with zero attached hydrogens (tertiary/aromatic N) is 1. The lowest BCUT2D eigenvalue weighted by molar-refractivity contribution is -0.122. The minimum Gasteiger partial charge on any atom is -0.476 e. The van der Waals surface area contributed by atoms with Crippen LogP contribution in [0.2, 0.25) is 0 Å². The Kier molecular flexibility index (Phi) is 5.81. The summed E-state index contributed by atoms with van der Waals surface area (Å²) in [5.41, 5.74) is 0.843. The molecule has 1 atom stereocenters. The molecule has 1 heterocycles. The molecule has 1 aromatic heterocycles. The molecule has 0 radical (unpaired) electrons. The molecule has 23 heavy (non-hydrogen) atoms. The number of halogens is 1. The molecule has 2 aromatic rings. The lowest BCUT2D eigenvalue weighted by atomic mass is 9.98. The van der Waals surface area contributed by atoms with Gasteiger partial charge < -0.3 is 10.4 Å². The van der Waals surface area contributed by atoms with Crippen molar-refractivity contribution in [3.63, 3.8) is 0 Å².